The van der Waals surface area contributed by atoms with Crippen molar-refractivity contribution in [1.82, 2.24) is 14.5 Å². The minimum absolute atomic E-state index is 0.186. The van der Waals surface area contributed by atoms with Gasteiger partial charge in [0.05, 0.1) is 19.9 Å². The fraction of sp³-hybridized carbons (Fsp3) is 0.500. The lowest BCUT2D eigenvalue weighted by atomic mass is 10.3. The Morgan fingerprint density at radius 3 is 2.75 bits per heavy atom. The number of imidazole rings is 1. The monoisotopic (exact) mass is 225 g/mol. The van der Waals surface area contributed by atoms with Gasteiger partial charge in [0.15, 0.2) is 0 Å². The van der Waals surface area contributed by atoms with Crippen LogP contribution in [-0.4, -0.2) is 47.0 Å². The van der Waals surface area contributed by atoms with Gasteiger partial charge in [-0.25, -0.2) is 4.98 Å². The van der Waals surface area contributed by atoms with Gasteiger partial charge in [-0.3, -0.25) is 9.59 Å². The highest BCUT2D eigenvalue weighted by molar-refractivity contribution is 5.92. The van der Waals surface area contributed by atoms with Crippen molar-refractivity contribution >= 4 is 11.9 Å². The molecule has 0 saturated carbocycles. The van der Waals surface area contributed by atoms with Gasteiger partial charge in [-0.05, 0) is 0 Å². The van der Waals surface area contributed by atoms with E-state index in [4.69, 9.17) is 0 Å². The second-order valence-corrected chi connectivity index (χ2v) is 3.48. The van der Waals surface area contributed by atoms with Crippen LogP contribution in [-0.2, 0) is 16.6 Å². The Balaban J connectivity index is 2.51. The lowest BCUT2D eigenvalue weighted by Crippen LogP contribution is -2.29. The van der Waals surface area contributed by atoms with Gasteiger partial charge < -0.3 is 14.2 Å². The third-order valence-corrected chi connectivity index (χ3v) is 2.15. The number of ether oxygens (including phenoxy) is 1. The van der Waals surface area contributed by atoms with Crippen LogP contribution in [0.15, 0.2) is 12.5 Å². The number of amides is 1. The molecule has 0 aromatic carbocycles. The summed E-state index contributed by atoms with van der Waals surface area (Å²) >= 11 is 0. The zero-order valence-electron chi connectivity index (χ0n) is 9.64. The van der Waals surface area contributed by atoms with Crippen LogP contribution < -0.4 is 0 Å². The third kappa shape index (κ3) is 3.08. The number of hydrogen-bond donors (Lipinski definition) is 0. The highest BCUT2D eigenvalue weighted by Crippen LogP contribution is 2.00. The quantitative estimate of drug-likeness (QED) is 0.679. The van der Waals surface area contributed by atoms with Gasteiger partial charge >= 0.3 is 5.97 Å². The first kappa shape index (κ1) is 12.2. The summed E-state index contributed by atoms with van der Waals surface area (Å²) in [5.74, 6) is -0.537. The van der Waals surface area contributed by atoms with E-state index in [2.05, 4.69) is 9.72 Å². The smallest absolute Gasteiger partial charge is 0.307 e. The molecular weight excluding hydrogens is 210 g/mol. The highest BCUT2D eigenvalue weighted by atomic mass is 16.5. The summed E-state index contributed by atoms with van der Waals surface area (Å²) in [6, 6.07) is 0. The molecule has 88 valence electrons. The number of esters is 1. The summed E-state index contributed by atoms with van der Waals surface area (Å²) in [7, 11) is 4.74. The van der Waals surface area contributed by atoms with Crippen LogP contribution in [0.5, 0.6) is 0 Å². The molecular formula is C10H15N3O3. The van der Waals surface area contributed by atoms with E-state index in [1.807, 2.05) is 0 Å². The molecule has 1 heterocycles. The van der Waals surface area contributed by atoms with Crippen molar-refractivity contribution in [2.75, 3.05) is 20.7 Å². The van der Waals surface area contributed by atoms with E-state index in [1.54, 1.807) is 31.2 Å². The van der Waals surface area contributed by atoms with Crippen molar-refractivity contribution in [1.29, 1.82) is 0 Å². The maximum absolute atomic E-state index is 11.8. The standard InChI is InChI=1S/C10H15N3O3/c1-12-6-8(11-7-12)10(15)13(2)5-4-9(14)16-3/h6-7H,4-5H2,1-3H3. The van der Waals surface area contributed by atoms with E-state index < -0.39 is 0 Å². The van der Waals surface area contributed by atoms with Crippen molar-refractivity contribution in [3.8, 4) is 0 Å². The van der Waals surface area contributed by atoms with E-state index >= 15 is 0 Å². The van der Waals surface area contributed by atoms with Crippen LogP contribution in [0.2, 0.25) is 0 Å². The Kier molecular flexibility index (Phi) is 4.04. The summed E-state index contributed by atoms with van der Waals surface area (Å²) in [5, 5.41) is 0. The van der Waals surface area contributed by atoms with Gasteiger partial charge in [0.1, 0.15) is 5.69 Å². The number of nitrogens with zero attached hydrogens (tertiary/aromatic N) is 3. The lowest BCUT2D eigenvalue weighted by molar-refractivity contribution is -0.140. The second kappa shape index (κ2) is 5.29. The first-order valence-electron chi connectivity index (χ1n) is 4.85. The van der Waals surface area contributed by atoms with Gasteiger partial charge in [0.25, 0.3) is 5.91 Å². The van der Waals surface area contributed by atoms with Gasteiger partial charge in [-0.15, -0.1) is 0 Å². The maximum atomic E-state index is 11.8. The predicted octanol–water partition coefficient (Wildman–Crippen LogP) is 0.0552. The van der Waals surface area contributed by atoms with E-state index in [1.165, 1.54) is 12.0 Å². The van der Waals surface area contributed by atoms with E-state index in [9.17, 15) is 9.59 Å². The molecule has 0 aliphatic heterocycles. The first-order valence-corrected chi connectivity index (χ1v) is 4.85. The number of aromatic nitrogens is 2. The van der Waals surface area contributed by atoms with Crippen LogP contribution in [0.4, 0.5) is 0 Å². The normalized spacial score (nSPS) is 9.94. The highest BCUT2D eigenvalue weighted by Gasteiger charge is 2.15. The molecule has 1 aromatic heterocycles. The van der Waals surface area contributed by atoms with Crippen molar-refractivity contribution in [3.05, 3.63) is 18.2 Å². The van der Waals surface area contributed by atoms with Crippen molar-refractivity contribution in [2.45, 2.75) is 6.42 Å². The summed E-state index contributed by atoms with van der Waals surface area (Å²) < 4.78 is 6.19. The van der Waals surface area contributed by atoms with E-state index in [0.717, 1.165) is 0 Å². The molecule has 6 heteroatoms. The Morgan fingerprint density at radius 1 is 1.56 bits per heavy atom. The van der Waals surface area contributed by atoms with Crippen molar-refractivity contribution in [2.24, 2.45) is 7.05 Å². The number of carbonyl (C=O) groups excluding carboxylic acids is 2. The molecule has 0 radical (unpaired) electrons. The minimum Gasteiger partial charge on any atom is -0.469 e. The molecule has 0 aliphatic rings. The Morgan fingerprint density at radius 2 is 2.25 bits per heavy atom. The summed E-state index contributed by atoms with van der Waals surface area (Å²) in [4.78, 5) is 28.0. The fourth-order valence-corrected chi connectivity index (χ4v) is 1.18. The summed E-state index contributed by atoms with van der Waals surface area (Å²) in [5.41, 5.74) is 0.370. The van der Waals surface area contributed by atoms with Crippen molar-refractivity contribution in [3.63, 3.8) is 0 Å². The molecule has 6 nitrogen and oxygen atoms in total. The second-order valence-electron chi connectivity index (χ2n) is 3.48. The molecule has 0 aliphatic carbocycles. The zero-order chi connectivity index (χ0) is 12.1. The number of hydrogen-bond acceptors (Lipinski definition) is 4. The molecule has 0 saturated heterocycles. The number of carbonyl (C=O) groups is 2. The molecule has 0 bridgehead atoms. The third-order valence-electron chi connectivity index (χ3n) is 2.15. The van der Waals surface area contributed by atoms with Crippen LogP contribution in [0.3, 0.4) is 0 Å². The zero-order valence-corrected chi connectivity index (χ0v) is 9.64. The summed E-state index contributed by atoms with van der Waals surface area (Å²) in [6.07, 6.45) is 3.38. The Bertz CT molecular complexity index is 386. The molecule has 1 aromatic rings. The lowest BCUT2D eigenvalue weighted by Gasteiger charge is -2.14. The van der Waals surface area contributed by atoms with Crippen molar-refractivity contribution < 1.29 is 14.3 Å². The average molecular weight is 225 g/mol. The van der Waals surface area contributed by atoms with Crippen LogP contribution in [0, 0.1) is 0 Å². The molecule has 1 amide bonds. The number of methoxy groups -OCH3 is 1. The molecule has 16 heavy (non-hydrogen) atoms. The van der Waals surface area contributed by atoms with Gasteiger partial charge in [-0.2, -0.15) is 0 Å². The van der Waals surface area contributed by atoms with Crippen LogP contribution in [0.1, 0.15) is 16.9 Å². The Labute approximate surface area is 93.8 Å². The SMILES string of the molecule is COC(=O)CCN(C)C(=O)c1cn(C)cn1. The molecule has 0 spiro atoms. The predicted molar refractivity (Wildman–Crippen MR) is 56.8 cm³/mol. The summed E-state index contributed by atoms with van der Waals surface area (Å²) in [6.45, 7) is 0.322. The fourth-order valence-electron chi connectivity index (χ4n) is 1.18. The topological polar surface area (TPSA) is 64.4 Å². The first-order chi connectivity index (χ1) is 7.54. The van der Waals surface area contributed by atoms with Gasteiger partial charge in [0, 0.05) is 26.8 Å². The van der Waals surface area contributed by atoms with Crippen LogP contribution >= 0.6 is 0 Å². The molecule has 1 rings (SSSR count). The molecule has 0 atom stereocenters. The van der Waals surface area contributed by atoms with Gasteiger partial charge in [0.2, 0.25) is 0 Å². The maximum Gasteiger partial charge on any atom is 0.307 e. The molecule has 0 fully saturated rings. The Hall–Kier alpha value is -1.85. The van der Waals surface area contributed by atoms with E-state index in [0.29, 0.717) is 12.2 Å². The average Bonchev–Trinajstić information content (AvgIpc) is 2.71. The number of aryl methyl sites for hydroxylation is 1. The van der Waals surface area contributed by atoms with Crippen LogP contribution in [0.25, 0.3) is 0 Å². The van der Waals surface area contributed by atoms with E-state index in [-0.39, 0.29) is 18.3 Å². The van der Waals surface area contributed by atoms with Gasteiger partial charge in [-0.1, -0.05) is 0 Å². The molecule has 0 N–H and O–H groups in total. The number of rotatable bonds is 4. The largest absolute Gasteiger partial charge is 0.469 e. The minimum atomic E-state index is -0.333. The molecule has 0 unspecified atom stereocenters.